The first kappa shape index (κ1) is 13.4. The van der Waals surface area contributed by atoms with Gasteiger partial charge in [0.1, 0.15) is 23.1 Å². The maximum atomic E-state index is 9.19. The number of nitrogens with two attached hydrogens (primary N) is 1. The van der Waals surface area contributed by atoms with Crippen molar-refractivity contribution in [2.24, 2.45) is 0 Å². The van der Waals surface area contributed by atoms with Gasteiger partial charge in [-0.1, -0.05) is 6.07 Å². The van der Waals surface area contributed by atoms with Crippen molar-refractivity contribution in [1.82, 2.24) is 4.98 Å². The highest BCUT2D eigenvalue weighted by atomic mass is 79.9. The van der Waals surface area contributed by atoms with Gasteiger partial charge in [-0.15, -0.1) is 0 Å². The zero-order valence-corrected chi connectivity index (χ0v) is 12.2. The fourth-order valence-electron chi connectivity index (χ4n) is 1.73. The molecule has 1 heterocycles. The maximum absolute atomic E-state index is 9.19. The number of hydrogen-bond donors (Lipinski definition) is 1. The van der Waals surface area contributed by atoms with Gasteiger partial charge in [0.2, 0.25) is 0 Å². The van der Waals surface area contributed by atoms with Crippen LogP contribution < -0.4 is 10.5 Å². The summed E-state index contributed by atoms with van der Waals surface area (Å²) in [6.45, 7) is 3.64. The van der Waals surface area contributed by atoms with E-state index in [9.17, 15) is 5.26 Å². The van der Waals surface area contributed by atoms with E-state index < -0.39 is 0 Å². The van der Waals surface area contributed by atoms with Crippen LogP contribution in [-0.2, 0) is 0 Å². The average Bonchev–Trinajstić information content (AvgIpc) is 2.34. The van der Waals surface area contributed by atoms with Crippen LogP contribution in [0.5, 0.6) is 11.5 Å². The lowest BCUT2D eigenvalue weighted by Gasteiger charge is -2.12. The summed E-state index contributed by atoms with van der Waals surface area (Å²) in [4.78, 5) is 4.25. The molecule has 0 atom stereocenters. The molecule has 4 nitrogen and oxygen atoms in total. The third kappa shape index (κ3) is 2.69. The molecular formula is C14H12BrN3O. The van der Waals surface area contributed by atoms with Crippen molar-refractivity contribution >= 4 is 21.6 Å². The Morgan fingerprint density at radius 1 is 1.32 bits per heavy atom. The molecule has 0 amide bonds. The van der Waals surface area contributed by atoms with Crippen LogP contribution in [0.15, 0.2) is 28.7 Å². The second-order valence-corrected chi connectivity index (χ2v) is 4.89. The monoisotopic (exact) mass is 317 g/mol. The van der Waals surface area contributed by atoms with Crippen LogP contribution in [0, 0.1) is 25.2 Å². The number of hydrogen-bond acceptors (Lipinski definition) is 4. The molecule has 0 unspecified atom stereocenters. The summed E-state index contributed by atoms with van der Waals surface area (Å²) < 4.78 is 6.46. The summed E-state index contributed by atoms with van der Waals surface area (Å²) in [6.07, 6.45) is 0. The van der Waals surface area contributed by atoms with Gasteiger partial charge in [-0.05, 0) is 41.9 Å². The van der Waals surface area contributed by atoms with Crippen molar-refractivity contribution in [3.63, 3.8) is 0 Å². The van der Waals surface area contributed by atoms with E-state index in [0.29, 0.717) is 32.9 Å². The molecular weight excluding hydrogens is 306 g/mol. The SMILES string of the molecule is Cc1cc(Oc2cccc(N)c2Br)c(C#N)c(C)n1. The zero-order valence-electron chi connectivity index (χ0n) is 10.6. The van der Waals surface area contributed by atoms with Gasteiger partial charge in [-0.25, -0.2) is 0 Å². The van der Waals surface area contributed by atoms with Gasteiger partial charge in [-0.2, -0.15) is 5.26 Å². The van der Waals surface area contributed by atoms with E-state index in [1.165, 1.54) is 0 Å². The van der Waals surface area contributed by atoms with Crippen molar-refractivity contribution in [3.05, 3.63) is 45.7 Å². The van der Waals surface area contributed by atoms with Crippen molar-refractivity contribution in [3.8, 4) is 17.6 Å². The molecule has 96 valence electrons. The molecule has 0 bridgehead atoms. The molecule has 1 aromatic carbocycles. The van der Waals surface area contributed by atoms with E-state index in [-0.39, 0.29) is 0 Å². The third-order valence-electron chi connectivity index (χ3n) is 2.62. The lowest BCUT2D eigenvalue weighted by molar-refractivity contribution is 0.476. The second kappa shape index (κ2) is 5.29. The highest BCUT2D eigenvalue weighted by Gasteiger charge is 2.12. The molecule has 0 spiro atoms. The average molecular weight is 318 g/mol. The number of pyridine rings is 1. The number of aryl methyl sites for hydroxylation is 2. The molecule has 2 rings (SSSR count). The molecule has 0 fully saturated rings. The van der Waals surface area contributed by atoms with Crippen molar-refractivity contribution in [2.75, 3.05) is 5.73 Å². The fraction of sp³-hybridized carbons (Fsp3) is 0.143. The summed E-state index contributed by atoms with van der Waals surface area (Å²) in [7, 11) is 0. The maximum Gasteiger partial charge on any atom is 0.148 e. The van der Waals surface area contributed by atoms with E-state index in [1.807, 2.05) is 6.92 Å². The molecule has 2 N–H and O–H groups in total. The van der Waals surface area contributed by atoms with Crippen LogP contribution in [0.25, 0.3) is 0 Å². The first-order valence-corrected chi connectivity index (χ1v) is 6.42. The molecule has 0 radical (unpaired) electrons. The van der Waals surface area contributed by atoms with Gasteiger partial charge in [-0.3, -0.25) is 4.98 Å². The Labute approximate surface area is 120 Å². The second-order valence-electron chi connectivity index (χ2n) is 4.10. The van der Waals surface area contributed by atoms with Gasteiger partial charge in [0.25, 0.3) is 0 Å². The third-order valence-corrected chi connectivity index (χ3v) is 3.47. The molecule has 2 aromatic rings. The number of anilines is 1. The van der Waals surface area contributed by atoms with E-state index >= 15 is 0 Å². The van der Waals surface area contributed by atoms with Gasteiger partial charge in [0.15, 0.2) is 0 Å². The van der Waals surface area contributed by atoms with Crippen molar-refractivity contribution in [1.29, 1.82) is 5.26 Å². The molecule has 1 aromatic heterocycles. The Bertz CT molecular complexity index is 677. The number of aromatic nitrogens is 1. The van der Waals surface area contributed by atoms with E-state index in [2.05, 4.69) is 27.0 Å². The smallest absolute Gasteiger partial charge is 0.148 e. The number of nitrogen functional groups attached to an aromatic ring is 1. The highest BCUT2D eigenvalue weighted by Crippen LogP contribution is 2.35. The Hall–Kier alpha value is -2.06. The zero-order chi connectivity index (χ0) is 14.0. The molecule has 0 aliphatic carbocycles. The number of nitriles is 1. The molecule has 0 aliphatic rings. The summed E-state index contributed by atoms with van der Waals surface area (Å²) in [5, 5.41) is 9.19. The fourth-order valence-corrected chi connectivity index (χ4v) is 2.08. The minimum absolute atomic E-state index is 0.430. The van der Waals surface area contributed by atoms with Crippen molar-refractivity contribution in [2.45, 2.75) is 13.8 Å². The first-order chi connectivity index (χ1) is 9.02. The van der Waals surface area contributed by atoms with Crippen LogP contribution in [-0.4, -0.2) is 4.98 Å². The van der Waals surface area contributed by atoms with Crippen LogP contribution in [0.3, 0.4) is 0 Å². The number of rotatable bonds is 2. The molecule has 19 heavy (non-hydrogen) atoms. The summed E-state index contributed by atoms with van der Waals surface area (Å²) in [6, 6.07) is 9.20. The van der Waals surface area contributed by atoms with Gasteiger partial charge in [0, 0.05) is 17.4 Å². The van der Waals surface area contributed by atoms with Gasteiger partial charge in [0.05, 0.1) is 10.2 Å². The lowest BCUT2D eigenvalue weighted by Crippen LogP contribution is -1.97. The standard InChI is InChI=1S/C14H12BrN3O/c1-8-6-13(10(7-16)9(2)18-8)19-12-5-3-4-11(17)14(12)15/h3-6H,17H2,1-2H3. The number of ether oxygens (including phenoxy) is 1. The molecule has 0 saturated carbocycles. The Balaban J connectivity index is 2.50. The largest absolute Gasteiger partial charge is 0.455 e. The van der Waals surface area contributed by atoms with E-state index in [1.54, 1.807) is 31.2 Å². The highest BCUT2D eigenvalue weighted by molar-refractivity contribution is 9.10. The number of benzene rings is 1. The molecule has 0 aliphatic heterocycles. The quantitative estimate of drug-likeness (QED) is 0.857. The Kier molecular flexibility index (Phi) is 3.72. The summed E-state index contributed by atoms with van der Waals surface area (Å²) in [5.41, 5.74) is 8.26. The predicted octanol–water partition coefficient (Wildman–Crippen LogP) is 3.71. The minimum Gasteiger partial charge on any atom is -0.455 e. The summed E-state index contributed by atoms with van der Waals surface area (Å²) >= 11 is 3.37. The minimum atomic E-state index is 0.430. The normalized spacial score (nSPS) is 10.0. The Morgan fingerprint density at radius 2 is 2.05 bits per heavy atom. The van der Waals surface area contributed by atoms with Crippen LogP contribution in [0.1, 0.15) is 17.0 Å². The van der Waals surface area contributed by atoms with Crippen LogP contribution in [0.2, 0.25) is 0 Å². The number of nitrogens with zero attached hydrogens (tertiary/aromatic N) is 2. The molecule has 0 saturated heterocycles. The van der Waals surface area contributed by atoms with Crippen LogP contribution in [0.4, 0.5) is 5.69 Å². The first-order valence-electron chi connectivity index (χ1n) is 5.63. The topological polar surface area (TPSA) is 71.9 Å². The van der Waals surface area contributed by atoms with E-state index in [4.69, 9.17) is 10.5 Å². The predicted molar refractivity (Wildman–Crippen MR) is 77.1 cm³/mol. The van der Waals surface area contributed by atoms with Gasteiger partial charge < -0.3 is 10.5 Å². The summed E-state index contributed by atoms with van der Waals surface area (Å²) in [5.74, 6) is 1.06. The van der Waals surface area contributed by atoms with Gasteiger partial charge >= 0.3 is 0 Å². The van der Waals surface area contributed by atoms with E-state index in [0.717, 1.165) is 5.69 Å². The number of halogens is 1. The lowest BCUT2D eigenvalue weighted by atomic mass is 10.2. The Morgan fingerprint density at radius 3 is 2.74 bits per heavy atom. The van der Waals surface area contributed by atoms with Crippen LogP contribution >= 0.6 is 15.9 Å². The molecule has 5 heteroatoms. The van der Waals surface area contributed by atoms with Crippen molar-refractivity contribution < 1.29 is 4.74 Å².